The van der Waals surface area contributed by atoms with Gasteiger partial charge in [0.05, 0.1) is 18.0 Å². The summed E-state index contributed by atoms with van der Waals surface area (Å²) in [4.78, 5) is 11.5. The Labute approximate surface area is 112 Å². The van der Waals surface area contributed by atoms with E-state index in [0.717, 1.165) is 11.4 Å². The van der Waals surface area contributed by atoms with Gasteiger partial charge in [0.15, 0.2) is 0 Å². The first-order valence-electron chi connectivity index (χ1n) is 6.14. The van der Waals surface area contributed by atoms with E-state index in [1.165, 1.54) is 0 Å². The second-order valence-corrected chi connectivity index (χ2v) is 3.88. The summed E-state index contributed by atoms with van der Waals surface area (Å²) in [6.45, 7) is 2.12. The minimum Gasteiger partial charge on any atom is -0.450 e. The molecule has 0 spiro atoms. The van der Waals surface area contributed by atoms with E-state index >= 15 is 0 Å². The minimum atomic E-state index is -0.454. The van der Waals surface area contributed by atoms with E-state index in [-0.39, 0.29) is 0 Å². The molecule has 2 aromatic carbocycles. The summed E-state index contributed by atoms with van der Waals surface area (Å²) in [5.41, 5.74) is 2.46. The third-order valence-corrected chi connectivity index (χ3v) is 2.49. The van der Waals surface area contributed by atoms with E-state index in [4.69, 9.17) is 4.74 Å². The molecular weight excluding hydrogens is 240 g/mol. The van der Waals surface area contributed by atoms with Crippen LogP contribution in [0, 0.1) is 0 Å². The maximum Gasteiger partial charge on any atom is 0.411 e. The zero-order valence-electron chi connectivity index (χ0n) is 10.7. The van der Waals surface area contributed by atoms with Gasteiger partial charge in [-0.15, -0.1) is 0 Å². The monoisotopic (exact) mass is 256 g/mol. The van der Waals surface area contributed by atoms with Crippen molar-refractivity contribution in [3.05, 3.63) is 54.6 Å². The molecule has 2 rings (SSSR count). The van der Waals surface area contributed by atoms with Gasteiger partial charge in [0.1, 0.15) is 0 Å². The Balaban J connectivity index is 2.14. The average Bonchev–Trinajstić information content (AvgIpc) is 2.42. The fourth-order valence-electron chi connectivity index (χ4n) is 1.66. The summed E-state index contributed by atoms with van der Waals surface area (Å²) in [5, 5.41) is 5.96. The molecule has 0 atom stereocenters. The summed E-state index contributed by atoms with van der Waals surface area (Å²) in [5.74, 6) is 0. The van der Waals surface area contributed by atoms with Gasteiger partial charge >= 0.3 is 6.09 Å². The molecule has 1 amide bonds. The predicted molar refractivity (Wildman–Crippen MR) is 76.8 cm³/mol. The van der Waals surface area contributed by atoms with Gasteiger partial charge in [-0.3, -0.25) is 5.32 Å². The Bertz CT molecular complexity index is 541. The lowest BCUT2D eigenvalue weighted by Crippen LogP contribution is -2.14. The lowest BCUT2D eigenvalue weighted by Gasteiger charge is -2.12. The van der Waals surface area contributed by atoms with Crippen LogP contribution in [0.15, 0.2) is 54.6 Å². The minimum absolute atomic E-state index is 0.347. The average molecular weight is 256 g/mol. The van der Waals surface area contributed by atoms with Crippen molar-refractivity contribution in [3.63, 3.8) is 0 Å². The van der Waals surface area contributed by atoms with Crippen LogP contribution in [0.4, 0.5) is 21.9 Å². The Morgan fingerprint density at radius 3 is 2.32 bits per heavy atom. The molecule has 2 aromatic rings. The molecule has 0 saturated heterocycles. The molecule has 0 saturated carbocycles. The topological polar surface area (TPSA) is 50.4 Å². The number of hydrogen-bond donors (Lipinski definition) is 2. The highest BCUT2D eigenvalue weighted by Gasteiger charge is 2.06. The van der Waals surface area contributed by atoms with E-state index in [9.17, 15) is 4.79 Å². The number of anilines is 3. The number of rotatable bonds is 4. The number of carbonyl (C=O) groups is 1. The zero-order chi connectivity index (χ0) is 13.5. The number of ether oxygens (including phenoxy) is 1. The molecule has 19 heavy (non-hydrogen) atoms. The summed E-state index contributed by atoms with van der Waals surface area (Å²) < 4.78 is 4.87. The van der Waals surface area contributed by atoms with Crippen LogP contribution in [0.1, 0.15) is 6.92 Å². The van der Waals surface area contributed by atoms with Gasteiger partial charge in [0.2, 0.25) is 0 Å². The zero-order valence-corrected chi connectivity index (χ0v) is 10.7. The van der Waals surface area contributed by atoms with Crippen molar-refractivity contribution in [1.82, 2.24) is 0 Å². The molecule has 2 N–H and O–H groups in total. The first-order chi connectivity index (χ1) is 9.29. The van der Waals surface area contributed by atoms with E-state index in [2.05, 4.69) is 10.6 Å². The molecule has 98 valence electrons. The smallest absolute Gasteiger partial charge is 0.411 e. The fraction of sp³-hybridized carbons (Fsp3) is 0.133. The normalized spacial score (nSPS) is 9.74. The van der Waals surface area contributed by atoms with Crippen molar-refractivity contribution >= 4 is 23.2 Å². The van der Waals surface area contributed by atoms with Crippen molar-refractivity contribution < 1.29 is 9.53 Å². The molecule has 4 nitrogen and oxygen atoms in total. The highest BCUT2D eigenvalue weighted by Crippen LogP contribution is 2.25. The van der Waals surface area contributed by atoms with E-state index < -0.39 is 6.09 Å². The summed E-state index contributed by atoms with van der Waals surface area (Å²) in [6.07, 6.45) is -0.454. The van der Waals surface area contributed by atoms with E-state index in [1.54, 1.807) is 6.92 Å². The lowest BCUT2D eigenvalue weighted by molar-refractivity contribution is 0.168. The number of amides is 1. The van der Waals surface area contributed by atoms with E-state index in [0.29, 0.717) is 12.3 Å². The van der Waals surface area contributed by atoms with E-state index in [1.807, 2.05) is 54.6 Å². The van der Waals surface area contributed by atoms with Crippen molar-refractivity contribution in [1.29, 1.82) is 0 Å². The van der Waals surface area contributed by atoms with Crippen molar-refractivity contribution in [2.45, 2.75) is 6.92 Å². The largest absolute Gasteiger partial charge is 0.450 e. The van der Waals surface area contributed by atoms with Crippen LogP contribution in [0.25, 0.3) is 0 Å². The van der Waals surface area contributed by atoms with Crippen molar-refractivity contribution in [3.8, 4) is 0 Å². The number of nitrogens with one attached hydrogen (secondary N) is 2. The molecule has 0 fully saturated rings. The summed E-state index contributed by atoms with van der Waals surface area (Å²) in [6, 6.07) is 17.2. The number of para-hydroxylation sites is 3. The Kier molecular flexibility index (Phi) is 4.39. The first kappa shape index (κ1) is 13.0. The summed E-state index contributed by atoms with van der Waals surface area (Å²) >= 11 is 0. The first-order valence-corrected chi connectivity index (χ1v) is 6.14. The molecule has 0 radical (unpaired) electrons. The summed E-state index contributed by atoms with van der Waals surface area (Å²) in [7, 11) is 0. The van der Waals surface area contributed by atoms with Crippen LogP contribution in [0.5, 0.6) is 0 Å². The third-order valence-electron chi connectivity index (χ3n) is 2.49. The number of carbonyl (C=O) groups excluding carboxylic acids is 1. The highest BCUT2D eigenvalue weighted by molar-refractivity contribution is 5.90. The lowest BCUT2D eigenvalue weighted by atomic mass is 10.2. The van der Waals surface area contributed by atoms with Crippen molar-refractivity contribution in [2.75, 3.05) is 17.2 Å². The van der Waals surface area contributed by atoms with Gasteiger partial charge in [-0.05, 0) is 31.2 Å². The SMILES string of the molecule is CCOC(=O)Nc1ccccc1Nc1ccccc1. The van der Waals surface area contributed by atoms with Crippen LogP contribution in [-0.4, -0.2) is 12.7 Å². The number of hydrogen-bond acceptors (Lipinski definition) is 3. The van der Waals surface area contributed by atoms with Crippen LogP contribution in [0.3, 0.4) is 0 Å². The van der Waals surface area contributed by atoms with Crippen LogP contribution in [0.2, 0.25) is 0 Å². The van der Waals surface area contributed by atoms with Crippen LogP contribution in [-0.2, 0) is 4.74 Å². The number of benzene rings is 2. The van der Waals surface area contributed by atoms with Gasteiger partial charge < -0.3 is 10.1 Å². The van der Waals surface area contributed by atoms with Gasteiger partial charge in [-0.2, -0.15) is 0 Å². The van der Waals surface area contributed by atoms with Gasteiger partial charge in [-0.25, -0.2) is 4.79 Å². The molecule has 0 aliphatic rings. The standard InChI is InChI=1S/C15H16N2O2/c1-2-19-15(18)17-14-11-7-6-10-13(14)16-12-8-4-3-5-9-12/h3-11,16H,2H2,1H3,(H,17,18). The Morgan fingerprint density at radius 2 is 1.63 bits per heavy atom. The van der Waals surface area contributed by atoms with Gasteiger partial charge in [0, 0.05) is 5.69 Å². The highest BCUT2D eigenvalue weighted by atomic mass is 16.5. The van der Waals surface area contributed by atoms with Crippen LogP contribution >= 0.6 is 0 Å². The quantitative estimate of drug-likeness (QED) is 0.869. The maximum atomic E-state index is 11.5. The van der Waals surface area contributed by atoms with Crippen molar-refractivity contribution in [2.24, 2.45) is 0 Å². The second kappa shape index (κ2) is 6.44. The Hall–Kier alpha value is -2.49. The molecule has 4 heteroatoms. The predicted octanol–water partition coefficient (Wildman–Crippen LogP) is 4.00. The second-order valence-electron chi connectivity index (χ2n) is 3.88. The third kappa shape index (κ3) is 3.74. The van der Waals surface area contributed by atoms with Gasteiger partial charge in [-0.1, -0.05) is 30.3 Å². The fourth-order valence-corrected chi connectivity index (χ4v) is 1.66. The molecule has 0 aliphatic heterocycles. The molecule has 0 bridgehead atoms. The molecule has 0 heterocycles. The van der Waals surface area contributed by atoms with Gasteiger partial charge in [0.25, 0.3) is 0 Å². The molecule has 0 unspecified atom stereocenters. The molecule has 0 aliphatic carbocycles. The Morgan fingerprint density at radius 1 is 1.00 bits per heavy atom. The maximum absolute atomic E-state index is 11.5. The van der Waals surface area contributed by atoms with Crippen LogP contribution < -0.4 is 10.6 Å². The molecule has 0 aromatic heterocycles. The molecular formula is C15H16N2O2.